The van der Waals surface area contributed by atoms with Crippen LogP contribution < -0.4 is 10.9 Å². The first kappa shape index (κ1) is 17.0. The molecule has 1 amide bonds. The molecule has 4 rings (SSSR count). The van der Waals surface area contributed by atoms with Crippen LogP contribution in [0.1, 0.15) is 36.1 Å². The minimum atomic E-state index is -0.783. The van der Waals surface area contributed by atoms with Crippen LogP contribution in [0.15, 0.2) is 53.8 Å². The second kappa shape index (κ2) is 6.71. The van der Waals surface area contributed by atoms with Gasteiger partial charge in [-0.05, 0) is 38.0 Å². The molecule has 0 radical (unpaired) electrons. The molecule has 1 aliphatic heterocycles. The predicted molar refractivity (Wildman–Crippen MR) is 97.8 cm³/mol. The fourth-order valence-corrected chi connectivity index (χ4v) is 3.35. The summed E-state index contributed by atoms with van der Waals surface area (Å²) in [4.78, 5) is 42.2. The summed E-state index contributed by atoms with van der Waals surface area (Å²) in [6, 6.07) is 8.33. The lowest BCUT2D eigenvalue weighted by Crippen LogP contribution is -2.50. The maximum absolute atomic E-state index is 12.7. The van der Waals surface area contributed by atoms with Crippen molar-refractivity contribution in [2.24, 2.45) is 0 Å². The number of nitrogens with one attached hydrogen (secondary N) is 1. The summed E-state index contributed by atoms with van der Waals surface area (Å²) in [5.74, 6) is 0.229. The van der Waals surface area contributed by atoms with Gasteiger partial charge in [-0.25, -0.2) is 15.0 Å². The quantitative estimate of drug-likeness (QED) is 0.758. The molecule has 8 nitrogen and oxygen atoms in total. The highest BCUT2D eigenvalue weighted by molar-refractivity contribution is 5.92. The molecule has 1 atom stereocenters. The van der Waals surface area contributed by atoms with E-state index in [-0.39, 0.29) is 11.5 Å². The van der Waals surface area contributed by atoms with Gasteiger partial charge in [-0.15, -0.1) is 0 Å². The number of carbonyl (C=O) groups excluding carboxylic acids is 1. The molecular weight excluding hydrogens is 344 g/mol. The summed E-state index contributed by atoms with van der Waals surface area (Å²) in [7, 11) is 0. The zero-order valence-electron chi connectivity index (χ0n) is 14.8. The Morgan fingerprint density at radius 3 is 2.81 bits per heavy atom. The highest BCUT2D eigenvalue weighted by atomic mass is 16.2. The van der Waals surface area contributed by atoms with Crippen LogP contribution in [0.25, 0.3) is 11.4 Å². The fraction of sp³-hybridized carbons (Fsp3) is 0.263. The molecule has 1 N–H and O–H groups in total. The molecule has 4 heterocycles. The number of hydrogen-bond acceptors (Lipinski definition) is 6. The fourth-order valence-electron chi connectivity index (χ4n) is 3.35. The van der Waals surface area contributed by atoms with E-state index in [4.69, 9.17) is 0 Å². The molecule has 0 fully saturated rings. The van der Waals surface area contributed by atoms with Crippen LogP contribution in [0.3, 0.4) is 0 Å². The standard InChI is InChI=1S/C19H18N6O2/c1-19(24-17(27)14-5-2-3-8-21-14)7-4-10-25-16(26)11-15(23-18(19)25)13-6-9-20-12-22-13/h2-3,5-6,8-9,11-12H,4,7,10H2,1H3,(H,24,27). The maximum atomic E-state index is 12.7. The summed E-state index contributed by atoms with van der Waals surface area (Å²) in [5.41, 5.74) is 0.412. The number of hydrogen-bond donors (Lipinski definition) is 1. The van der Waals surface area contributed by atoms with Crippen LogP contribution >= 0.6 is 0 Å². The molecule has 0 saturated carbocycles. The first-order chi connectivity index (χ1) is 13.1. The molecule has 0 aromatic carbocycles. The second-order valence-electron chi connectivity index (χ2n) is 6.65. The molecule has 1 unspecified atom stereocenters. The first-order valence-electron chi connectivity index (χ1n) is 8.69. The maximum Gasteiger partial charge on any atom is 0.270 e. The minimum Gasteiger partial charge on any atom is -0.338 e. The molecular formula is C19H18N6O2. The predicted octanol–water partition coefficient (Wildman–Crippen LogP) is 1.53. The molecule has 0 spiro atoms. The molecule has 136 valence electrons. The highest BCUT2D eigenvalue weighted by Gasteiger charge is 2.37. The summed E-state index contributed by atoms with van der Waals surface area (Å²) in [6.07, 6.45) is 6.02. The lowest BCUT2D eigenvalue weighted by atomic mass is 9.90. The van der Waals surface area contributed by atoms with Gasteiger partial charge in [0, 0.05) is 25.0 Å². The Morgan fingerprint density at radius 1 is 1.19 bits per heavy atom. The number of rotatable bonds is 3. The van der Waals surface area contributed by atoms with E-state index in [1.54, 1.807) is 41.2 Å². The topological polar surface area (TPSA) is 103 Å². The van der Waals surface area contributed by atoms with Gasteiger partial charge in [-0.3, -0.25) is 19.1 Å². The van der Waals surface area contributed by atoms with E-state index in [0.29, 0.717) is 35.9 Å². The summed E-state index contributed by atoms with van der Waals surface area (Å²) in [6.45, 7) is 2.45. The van der Waals surface area contributed by atoms with Crippen LogP contribution in [0, 0.1) is 0 Å². The lowest BCUT2D eigenvalue weighted by Gasteiger charge is -2.36. The average molecular weight is 362 g/mol. The van der Waals surface area contributed by atoms with Gasteiger partial charge in [0.1, 0.15) is 17.8 Å². The lowest BCUT2D eigenvalue weighted by molar-refractivity contribution is 0.0875. The van der Waals surface area contributed by atoms with Gasteiger partial charge in [0.05, 0.1) is 16.9 Å². The number of aromatic nitrogens is 5. The molecule has 0 aliphatic carbocycles. The van der Waals surface area contributed by atoms with Gasteiger partial charge < -0.3 is 5.32 Å². The van der Waals surface area contributed by atoms with Crippen molar-refractivity contribution in [1.82, 2.24) is 29.8 Å². The molecule has 0 saturated heterocycles. The highest BCUT2D eigenvalue weighted by Crippen LogP contribution is 2.30. The molecule has 3 aromatic rings. The Balaban J connectivity index is 1.76. The Morgan fingerprint density at radius 2 is 2.07 bits per heavy atom. The summed E-state index contributed by atoms with van der Waals surface area (Å²) < 4.78 is 1.62. The first-order valence-corrected chi connectivity index (χ1v) is 8.69. The van der Waals surface area contributed by atoms with Crippen molar-refractivity contribution in [3.8, 4) is 11.4 Å². The van der Waals surface area contributed by atoms with Crippen molar-refractivity contribution in [3.05, 3.63) is 70.9 Å². The van der Waals surface area contributed by atoms with Crippen LogP contribution in [0.5, 0.6) is 0 Å². The third-order valence-electron chi connectivity index (χ3n) is 4.69. The van der Waals surface area contributed by atoms with E-state index >= 15 is 0 Å². The van der Waals surface area contributed by atoms with Gasteiger partial charge in [0.15, 0.2) is 0 Å². The van der Waals surface area contributed by atoms with Gasteiger partial charge >= 0.3 is 0 Å². The van der Waals surface area contributed by atoms with E-state index in [1.807, 2.05) is 6.92 Å². The Hall–Kier alpha value is -3.42. The van der Waals surface area contributed by atoms with Crippen molar-refractivity contribution in [1.29, 1.82) is 0 Å². The largest absolute Gasteiger partial charge is 0.338 e. The summed E-state index contributed by atoms with van der Waals surface area (Å²) >= 11 is 0. The molecule has 27 heavy (non-hydrogen) atoms. The van der Waals surface area contributed by atoms with Crippen molar-refractivity contribution in [2.75, 3.05) is 0 Å². The zero-order valence-corrected chi connectivity index (χ0v) is 14.8. The number of fused-ring (bicyclic) bond motifs is 1. The van der Waals surface area contributed by atoms with Crippen molar-refractivity contribution >= 4 is 5.91 Å². The average Bonchev–Trinajstić information content (AvgIpc) is 2.70. The van der Waals surface area contributed by atoms with Gasteiger partial charge in [0.2, 0.25) is 0 Å². The number of amides is 1. The van der Waals surface area contributed by atoms with Gasteiger partial charge in [-0.1, -0.05) is 6.07 Å². The van der Waals surface area contributed by atoms with Crippen LogP contribution in [0.2, 0.25) is 0 Å². The normalized spacial score (nSPS) is 18.6. The Kier molecular flexibility index (Phi) is 4.23. The van der Waals surface area contributed by atoms with Gasteiger partial charge in [-0.2, -0.15) is 0 Å². The monoisotopic (exact) mass is 362 g/mol. The van der Waals surface area contributed by atoms with Crippen molar-refractivity contribution in [3.63, 3.8) is 0 Å². The van der Waals surface area contributed by atoms with Crippen LogP contribution in [0.4, 0.5) is 0 Å². The molecule has 1 aliphatic rings. The number of nitrogens with zero attached hydrogens (tertiary/aromatic N) is 5. The Labute approximate surface area is 155 Å². The SMILES string of the molecule is CC1(NC(=O)c2ccccn2)CCCn2c1nc(-c1ccncn1)cc2=O. The van der Waals surface area contributed by atoms with Gasteiger partial charge in [0.25, 0.3) is 11.5 Å². The minimum absolute atomic E-state index is 0.161. The Bertz CT molecular complexity index is 1040. The number of carbonyl (C=O) groups is 1. The van der Waals surface area contributed by atoms with Crippen molar-refractivity contribution in [2.45, 2.75) is 31.8 Å². The third-order valence-corrected chi connectivity index (χ3v) is 4.69. The van der Waals surface area contributed by atoms with E-state index in [9.17, 15) is 9.59 Å². The van der Waals surface area contributed by atoms with Crippen LogP contribution in [-0.4, -0.2) is 30.4 Å². The summed E-state index contributed by atoms with van der Waals surface area (Å²) in [5, 5.41) is 3.02. The number of pyridine rings is 1. The van der Waals surface area contributed by atoms with Crippen LogP contribution in [-0.2, 0) is 12.1 Å². The van der Waals surface area contributed by atoms with E-state index in [2.05, 4.69) is 25.3 Å². The van der Waals surface area contributed by atoms with E-state index in [1.165, 1.54) is 12.4 Å². The second-order valence-corrected chi connectivity index (χ2v) is 6.65. The smallest absolute Gasteiger partial charge is 0.270 e. The third kappa shape index (κ3) is 3.21. The molecule has 3 aromatic heterocycles. The molecule has 8 heteroatoms. The van der Waals surface area contributed by atoms with Crippen molar-refractivity contribution < 1.29 is 4.79 Å². The van der Waals surface area contributed by atoms with E-state index < -0.39 is 5.54 Å². The van der Waals surface area contributed by atoms with E-state index in [0.717, 1.165) is 6.42 Å². The zero-order chi connectivity index (χ0) is 18.9. The molecule has 0 bridgehead atoms.